The SMILES string of the molecule is CCCCCCCCCCCCCC[N+](C)(C)C.C[N+](C)(C)C.[Cl-].[Cl-]. The molecule has 0 aromatic rings. The standard InChI is InChI=1S/C17H38N.C4H12N.2ClH/c1-5-6-7-8-9-10-11-12-13-14-15-16-17-18(2,3)4;1-5(2,3)4;;/h5-17H2,1-4H3;1-4H3;2*1H/q2*+1;;/p-2. The second-order valence-corrected chi connectivity index (χ2v) is 9.59. The van der Waals surface area contributed by atoms with Crippen LogP contribution in [0, 0.1) is 0 Å². The first kappa shape index (κ1) is 33.1. The molecule has 0 aliphatic rings. The van der Waals surface area contributed by atoms with Crippen LogP contribution < -0.4 is 24.8 Å². The second kappa shape index (κ2) is 20.8. The van der Waals surface area contributed by atoms with Crippen LogP contribution in [0.2, 0.25) is 0 Å². The highest BCUT2D eigenvalue weighted by Crippen LogP contribution is 2.12. The fourth-order valence-corrected chi connectivity index (χ4v) is 2.43. The van der Waals surface area contributed by atoms with Gasteiger partial charge in [-0.1, -0.05) is 71.1 Å². The maximum absolute atomic E-state index is 2.29. The van der Waals surface area contributed by atoms with Gasteiger partial charge in [-0.15, -0.1) is 0 Å². The molecule has 0 saturated carbocycles. The Balaban J connectivity index is -0.000000276. The molecule has 0 amide bonds. The first-order chi connectivity index (χ1) is 10.6. The number of halogens is 2. The highest BCUT2D eigenvalue weighted by Gasteiger charge is 2.04. The molecule has 0 N–H and O–H groups in total. The third kappa shape index (κ3) is 51.6. The zero-order chi connectivity index (χ0) is 18.2. The van der Waals surface area contributed by atoms with E-state index < -0.39 is 0 Å². The monoisotopic (exact) mass is 400 g/mol. The summed E-state index contributed by atoms with van der Waals surface area (Å²) in [4.78, 5) is 0. The summed E-state index contributed by atoms with van der Waals surface area (Å²) in [5.74, 6) is 0. The molecular weight excluding hydrogens is 351 g/mol. The largest absolute Gasteiger partial charge is 1.00 e. The minimum atomic E-state index is 0. The Morgan fingerprint density at radius 2 is 0.680 bits per heavy atom. The summed E-state index contributed by atoms with van der Waals surface area (Å²) >= 11 is 0. The van der Waals surface area contributed by atoms with Gasteiger partial charge in [-0.25, -0.2) is 0 Å². The molecule has 0 aromatic carbocycles. The fraction of sp³-hybridized carbons (Fsp3) is 1.00. The van der Waals surface area contributed by atoms with E-state index in [0.717, 1.165) is 8.97 Å². The Morgan fingerprint density at radius 3 is 0.920 bits per heavy atom. The molecule has 0 aliphatic heterocycles. The van der Waals surface area contributed by atoms with E-state index in [9.17, 15) is 0 Å². The van der Waals surface area contributed by atoms with E-state index in [-0.39, 0.29) is 24.8 Å². The molecule has 0 spiro atoms. The van der Waals surface area contributed by atoms with Crippen LogP contribution in [0.5, 0.6) is 0 Å². The lowest BCUT2D eigenvalue weighted by molar-refractivity contribution is -0.870. The fourth-order valence-electron chi connectivity index (χ4n) is 2.43. The summed E-state index contributed by atoms with van der Waals surface area (Å²) < 4.78 is 2.12. The Morgan fingerprint density at radius 1 is 0.440 bits per heavy atom. The molecule has 0 bridgehead atoms. The van der Waals surface area contributed by atoms with E-state index in [1.165, 1.54) is 83.6 Å². The van der Waals surface area contributed by atoms with Gasteiger partial charge in [0.1, 0.15) is 0 Å². The lowest BCUT2D eigenvalue weighted by Gasteiger charge is -2.23. The van der Waals surface area contributed by atoms with Crippen molar-refractivity contribution >= 4 is 0 Å². The molecule has 0 saturated heterocycles. The van der Waals surface area contributed by atoms with Gasteiger partial charge in [0.15, 0.2) is 0 Å². The predicted octanol–water partition coefficient (Wildman–Crippen LogP) is -0.276. The average Bonchev–Trinajstić information content (AvgIpc) is 2.37. The lowest BCUT2D eigenvalue weighted by Crippen LogP contribution is -3.00. The van der Waals surface area contributed by atoms with Crippen LogP contribution in [-0.2, 0) is 0 Å². The Hall–Kier alpha value is 0.500. The van der Waals surface area contributed by atoms with Crippen molar-refractivity contribution in [1.82, 2.24) is 0 Å². The molecule has 2 nitrogen and oxygen atoms in total. The van der Waals surface area contributed by atoms with Crippen molar-refractivity contribution < 1.29 is 33.8 Å². The lowest BCUT2D eigenvalue weighted by atomic mass is 10.1. The van der Waals surface area contributed by atoms with Crippen LogP contribution in [0.4, 0.5) is 0 Å². The molecular formula is C21H50Cl2N2. The Bertz CT molecular complexity index is 227. The van der Waals surface area contributed by atoms with E-state index in [0.29, 0.717) is 0 Å². The third-order valence-electron chi connectivity index (χ3n) is 3.68. The highest BCUT2D eigenvalue weighted by atomic mass is 35.5. The van der Waals surface area contributed by atoms with E-state index in [4.69, 9.17) is 0 Å². The van der Waals surface area contributed by atoms with Gasteiger partial charge in [0.2, 0.25) is 0 Å². The number of quaternary nitrogens is 2. The van der Waals surface area contributed by atoms with Gasteiger partial charge in [-0.05, 0) is 12.8 Å². The van der Waals surface area contributed by atoms with E-state index in [1.807, 2.05) is 0 Å². The van der Waals surface area contributed by atoms with Crippen molar-refractivity contribution in [3.05, 3.63) is 0 Å². The van der Waals surface area contributed by atoms with Gasteiger partial charge in [0.25, 0.3) is 0 Å². The van der Waals surface area contributed by atoms with Gasteiger partial charge >= 0.3 is 0 Å². The topological polar surface area (TPSA) is 0 Å². The molecule has 0 aromatic heterocycles. The zero-order valence-electron chi connectivity index (χ0n) is 18.8. The first-order valence-corrected chi connectivity index (χ1v) is 10.2. The summed E-state index contributed by atoms with van der Waals surface area (Å²) in [7, 11) is 15.4. The van der Waals surface area contributed by atoms with Gasteiger partial charge in [-0.3, -0.25) is 0 Å². The summed E-state index contributed by atoms with van der Waals surface area (Å²) in [6.45, 7) is 3.62. The summed E-state index contributed by atoms with van der Waals surface area (Å²) in [5, 5.41) is 0. The molecule has 25 heavy (non-hydrogen) atoms. The minimum absolute atomic E-state index is 0. The van der Waals surface area contributed by atoms with Crippen LogP contribution in [-0.4, -0.2) is 64.8 Å². The van der Waals surface area contributed by atoms with Crippen molar-refractivity contribution in [3.8, 4) is 0 Å². The average molecular weight is 402 g/mol. The van der Waals surface area contributed by atoms with Crippen LogP contribution >= 0.6 is 0 Å². The van der Waals surface area contributed by atoms with Crippen molar-refractivity contribution in [2.75, 3.05) is 55.9 Å². The van der Waals surface area contributed by atoms with Crippen LogP contribution in [0.3, 0.4) is 0 Å². The maximum atomic E-state index is 2.29. The van der Waals surface area contributed by atoms with Gasteiger partial charge in [0, 0.05) is 0 Å². The molecule has 0 heterocycles. The highest BCUT2D eigenvalue weighted by molar-refractivity contribution is 4.48. The summed E-state index contributed by atoms with van der Waals surface area (Å²) in [5.41, 5.74) is 0. The van der Waals surface area contributed by atoms with Crippen LogP contribution in [0.1, 0.15) is 84.0 Å². The Labute approximate surface area is 173 Å². The van der Waals surface area contributed by atoms with Crippen molar-refractivity contribution in [1.29, 1.82) is 0 Å². The van der Waals surface area contributed by atoms with Crippen molar-refractivity contribution in [3.63, 3.8) is 0 Å². The molecule has 0 radical (unpaired) electrons. The first-order valence-electron chi connectivity index (χ1n) is 10.2. The van der Waals surface area contributed by atoms with Gasteiger partial charge < -0.3 is 33.8 Å². The summed E-state index contributed by atoms with van der Waals surface area (Å²) in [6.07, 6.45) is 17.4. The third-order valence-corrected chi connectivity index (χ3v) is 3.68. The number of hydrogen-bond donors (Lipinski definition) is 0. The molecule has 0 fully saturated rings. The number of rotatable bonds is 13. The molecule has 158 valence electrons. The molecule has 0 rings (SSSR count). The summed E-state index contributed by atoms with van der Waals surface area (Å²) in [6, 6.07) is 0. The smallest absolute Gasteiger partial charge is 0.0780 e. The van der Waals surface area contributed by atoms with Gasteiger partial charge in [0.05, 0.1) is 55.9 Å². The molecule has 0 atom stereocenters. The molecule has 0 unspecified atom stereocenters. The van der Waals surface area contributed by atoms with Crippen molar-refractivity contribution in [2.45, 2.75) is 84.0 Å². The van der Waals surface area contributed by atoms with E-state index in [1.54, 1.807) is 0 Å². The molecule has 0 aliphatic carbocycles. The maximum Gasteiger partial charge on any atom is 0.0780 e. The van der Waals surface area contributed by atoms with E-state index in [2.05, 4.69) is 56.3 Å². The number of hydrogen-bond acceptors (Lipinski definition) is 0. The number of unbranched alkanes of at least 4 members (excludes halogenated alkanes) is 11. The Kier molecular flexibility index (Phi) is 27.6. The van der Waals surface area contributed by atoms with Crippen LogP contribution in [0.15, 0.2) is 0 Å². The predicted molar refractivity (Wildman–Crippen MR) is 108 cm³/mol. The molecule has 4 heteroatoms. The number of nitrogens with zero attached hydrogens (tertiary/aromatic N) is 2. The zero-order valence-corrected chi connectivity index (χ0v) is 20.4. The second-order valence-electron chi connectivity index (χ2n) is 9.59. The van der Waals surface area contributed by atoms with E-state index >= 15 is 0 Å². The minimum Gasteiger partial charge on any atom is -1.00 e. The quantitative estimate of drug-likeness (QED) is 0.294. The van der Waals surface area contributed by atoms with Crippen LogP contribution in [0.25, 0.3) is 0 Å². The van der Waals surface area contributed by atoms with Crippen molar-refractivity contribution in [2.24, 2.45) is 0 Å². The normalized spacial score (nSPS) is 11.0. The van der Waals surface area contributed by atoms with Gasteiger partial charge in [-0.2, -0.15) is 0 Å².